The van der Waals surface area contributed by atoms with Gasteiger partial charge in [0.15, 0.2) is 24.1 Å². The van der Waals surface area contributed by atoms with Gasteiger partial charge in [-0.05, 0) is 42.9 Å². The zero-order chi connectivity index (χ0) is 17.4. The second-order valence-corrected chi connectivity index (χ2v) is 6.93. The van der Waals surface area contributed by atoms with E-state index in [9.17, 15) is 4.79 Å². The molecule has 0 bridgehead atoms. The fourth-order valence-electron chi connectivity index (χ4n) is 4.00. The fraction of sp³-hybridized carbons (Fsp3) is 0.450. The average molecular weight is 342 g/mol. The van der Waals surface area contributed by atoms with Gasteiger partial charge in [-0.3, -0.25) is 4.79 Å². The highest BCUT2D eigenvalue weighted by molar-refractivity contribution is 5.93. The van der Waals surface area contributed by atoms with Gasteiger partial charge < -0.3 is 18.9 Å². The molecular weight excluding hydrogens is 320 g/mol. The van der Waals surface area contributed by atoms with Crippen molar-refractivity contribution in [3.8, 4) is 11.5 Å². The van der Waals surface area contributed by atoms with E-state index in [0.29, 0.717) is 18.6 Å². The summed E-state index contributed by atoms with van der Waals surface area (Å²) in [6.45, 7) is 6.39. The Morgan fingerprint density at radius 2 is 2.12 bits per heavy atom. The lowest BCUT2D eigenvalue weighted by Gasteiger charge is -2.38. The van der Waals surface area contributed by atoms with Crippen molar-refractivity contribution < 1.29 is 23.7 Å². The summed E-state index contributed by atoms with van der Waals surface area (Å²) in [5.74, 6) is 2.40. The SMILES string of the molecule is C=CC[C@H]1C[C@]2(C(C)Cc3ccc4c(c3)OCO4)OCOC2=CC1=O. The van der Waals surface area contributed by atoms with Gasteiger partial charge in [0.25, 0.3) is 0 Å². The van der Waals surface area contributed by atoms with Crippen molar-refractivity contribution in [2.75, 3.05) is 13.6 Å². The third kappa shape index (κ3) is 2.72. The smallest absolute Gasteiger partial charge is 0.231 e. The Labute approximate surface area is 147 Å². The maximum absolute atomic E-state index is 12.3. The highest BCUT2D eigenvalue weighted by Crippen LogP contribution is 2.46. The molecule has 0 saturated carbocycles. The molecule has 5 nitrogen and oxygen atoms in total. The molecule has 5 heteroatoms. The monoisotopic (exact) mass is 342 g/mol. The molecule has 3 aliphatic rings. The van der Waals surface area contributed by atoms with E-state index in [1.54, 1.807) is 12.2 Å². The van der Waals surface area contributed by atoms with E-state index in [-0.39, 0.29) is 31.2 Å². The van der Waals surface area contributed by atoms with Crippen molar-refractivity contribution in [2.24, 2.45) is 11.8 Å². The molecule has 1 aliphatic carbocycles. The van der Waals surface area contributed by atoms with Crippen molar-refractivity contribution in [1.29, 1.82) is 0 Å². The summed E-state index contributed by atoms with van der Waals surface area (Å²) >= 11 is 0. The minimum absolute atomic E-state index is 0.0952. The normalized spacial score (nSPS) is 28.1. The molecule has 2 heterocycles. The van der Waals surface area contributed by atoms with Gasteiger partial charge in [-0.25, -0.2) is 0 Å². The number of hydrogen-bond acceptors (Lipinski definition) is 5. The van der Waals surface area contributed by atoms with Gasteiger partial charge in [0.2, 0.25) is 6.79 Å². The van der Waals surface area contributed by atoms with Crippen LogP contribution in [0.5, 0.6) is 11.5 Å². The Balaban J connectivity index is 1.59. The lowest BCUT2D eigenvalue weighted by molar-refractivity contribution is -0.123. The van der Waals surface area contributed by atoms with Crippen molar-refractivity contribution in [3.05, 3.63) is 48.3 Å². The quantitative estimate of drug-likeness (QED) is 0.768. The predicted octanol–water partition coefficient (Wildman–Crippen LogP) is 3.39. The number of ether oxygens (including phenoxy) is 4. The predicted molar refractivity (Wildman–Crippen MR) is 91.2 cm³/mol. The second-order valence-electron chi connectivity index (χ2n) is 6.93. The number of carbonyl (C=O) groups is 1. The summed E-state index contributed by atoms with van der Waals surface area (Å²) in [5.41, 5.74) is 0.607. The van der Waals surface area contributed by atoms with Crippen LogP contribution in [0, 0.1) is 11.8 Å². The first-order chi connectivity index (χ1) is 12.1. The van der Waals surface area contributed by atoms with Gasteiger partial charge in [-0.15, -0.1) is 6.58 Å². The zero-order valence-electron chi connectivity index (χ0n) is 14.3. The molecule has 0 N–H and O–H groups in total. The van der Waals surface area contributed by atoms with Crippen molar-refractivity contribution in [3.63, 3.8) is 0 Å². The van der Waals surface area contributed by atoms with Crippen molar-refractivity contribution in [2.45, 2.75) is 31.8 Å². The Morgan fingerprint density at radius 3 is 2.96 bits per heavy atom. The number of fused-ring (bicyclic) bond motifs is 2. The third-order valence-electron chi connectivity index (χ3n) is 5.40. The molecule has 1 aromatic rings. The molecule has 2 aliphatic heterocycles. The molecule has 0 aromatic heterocycles. The minimum Gasteiger partial charge on any atom is -0.469 e. The van der Waals surface area contributed by atoms with Gasteiger partial charge in [0, 0.05) is 12.0 Å². The molecule has 0 radical (unpaired) electrons. The first kappa shape index (κ1) is 16.2. The Kier molecular flexibility index (Phi) is 4.04. The van der Waals surface area contributed by atoms with E-state index in [0.717, 1.165) is 23.5 Å². The van der Waals surface area contributed by atoms with Gasteiger partial charge in [0.05, 0.1) is 0 Å². The van der Waals surface area contributed by atoms with E-state index in [1.807, 2.05) is 12.1 Å². The highest BCUT2D eigenvalue weighted by Gasteiger charge is 2.51. The molecule has 0 amide bonds. The summed E-state index contributed by atoms with van der Waals surface area (Å²) in [6.07, 6.45) is 5.51. The van der Waals surface area contributed by atoms with Crippen LogP contribution < -0.4 is 9.47 Å². The average Bonchev–Trinajstić information content (AvgIpc) is 3.22. The third-order valence-corrected chi connectivity index (χ3v) is 5.40. The summed E-state index contributed by atoms with van der Waals surface area (Å²) in [5, 5.41) is 0. The second kappa shape index (κ2) is 6.23. The van der Waals surface area contributed by atoms with Gasteiger partial charge in [0.1, 0.15) is 11.4 Å². The van der Waals surface area contributed by atoms with Crippen LogP contribution in [0.4, 0.5) is 0 Å². The molecule has 1 fully saturated rings. The minimum atomic E-state index is -0.544. The molecule has 1 aromatic carbocycles. The molecule has 0 spiro atoms. The van der Waals surface area contributed by atoms with E-state index < -0.39 is 5.60 Å². The van der Waals surface area contributed by atoms with Crippen LogP contribution in [0.2, 0.25) is 0 Å². The topological polar surface area (TPSA) is 54.0 Å². The number of ketones is 1. The first-order valence-electron chi connectivity index (χ1n) is 8.64. The number of benzene rings is 1. The van der Waals surface area contributed by atoms with Crippen LogP contribution >= 0.6 is 0 Å². The fourth-order valence-corrected chi connectivity index (χ4v) is 4.00. The van der Waals surface area contributed by atoms with E-state index in [1.165, 1.54) is 0 Å². The Morgan fingerprint density at radius 1 is 1.28 bits per heavy atom. The summed E-state index contributed by atoms with van der Waals surface area (Å²) < 4.78 is 22.5. The number of rotatable bonds is 5. The molecule has 132 valence electrons. The number of carbonyl (C=O) groups excluding carboxylic acids is 1. The number of allylic oxidation sites excluding steroid dienone is 2. The summed E-state index contributed by atoms with van der Waals surface area (Å²) in [7, 11) is 0. The standard InChI is InChI=1S/C20H22O5/c1-3-4-15-10-20(19(9-16(15)21)24-12-25-20)13(2)7-14-5-6-17-18(8-14)23-11-22-17/h3,5-6,8-9,13,15H,1,4,7,10-12H2,2H3/t13?,15-,20+/m0/s1. The van der Waals surface area contributed by atoms with Crippen LogP contribution in [-0.4, -0.2) is 25.0 Å². The molecule has 4 rings (SSSR count). The zero-order valence-corrected chi connectivity index (χ0v) is 14.3. The van der Waals surface area contributed by atoms with Gasteiger partial charge >= 0.3 is 0 Å². The lowest BCUT2D eigenvalue weighted by Crippen LogP contribution is -2.44. The highest BCUT2D eigenvalue weighted by atomic mass is 16.7. The first-order valence-corrected chi connectivity index (χ1v) is 8.64. The molecule has 25 heavy (non-hydrogen) atoms. The summed E-state index contributed by atoms with van der Waals surface area (Å²) in [4.78, 5) is 12.3. The lowest BCUT2D eigenvalue weighted by atomic mass is 9.71. The van der Waals surface area contributed by atoms with E-state index in [4.69, 9.17) is 18.9 Å². The maximum Gasteiger partial charge on any atom is 0.231 e. The van der Waals surface area contributed by atoms with Crippen LogP contribution in [0.15, 0.2) is 42.7 Å². The Bertz CT molecular complexity index is 738. The molecule has 1 unspecified atom stereocenters. The molecular formula is C20H22O5. The van der Waals surface area contributed by atoms with Crippen molar-refractivity contribution >= 4 is 5.78 Å². The molecule has 1 saturated heterocycles. The van der Waals surface area contributed by atoms with Crippen LogP contribution in [0.25, 0.3) is 0 Å². The Hall–Kier alpha value is -2.27. The van der Waals surface area contributed by atoms with E-state index >= 15 is 0 Å². The van der Waals surface area contributed by atoms with Gasteiger partial charge in [-0.1, -0.05) is 19.1 Å². The van der Waals surface area contributed by atoms with Crippen molar-refractivity contribution in [1.82, 2.24) is 0 Å². The van der Waals surface area contributed by atoms with Crippen LogP contribution in [-0.2, 0) is 20.7 Å². The van der Waals surface area contributed by atoms with Crippen LogP contribution in [0.1, 0.15) is 25.3 Å². The van der Waals surface area contributed by atoms with E-state index in [2.05, 4.69) is 19.6 Å². The summed E-state index contributed by atoms with van der Waals surface area (Å²) in [6, 6.07) is 6.01. The number of hydrogen-bond donors (Lipinski definition) is 0. The van der Waals surface area contributed by atoms with Gasteiger partial charge in [-0.2, -0.15) is 0 Å². The largest absolute Gasteiger partial charge is 0.469 e. The van der Waals surface area contributed by atoms with Crippen LogP contribution in [0.3, 0.4) is 0 Å². The maximum atomic E-state index is 12.3. The molecule has 3 atom stereocenters.